The Labute approximate surface area is 147 Å². The van der Waals surface area contributed by atoms with E-state index in [0.29, 0.717) is 0 Å². The highest BCUT2D eigenvalue weighted by atomic mass is 16.5. The van der Waals surface area contributed by atoms with Crippen molar-refractivity contribution in [2.24, 2.45) is 23.7 Å². The molecule has 2 amide bonds. The van der Waals surface area contributed by atoms with Crippen LogP contribution in [0.3, 0.4) is 0 Å². The molecule has 3 fully saturated rings. The van der Waals surface area contributed by atoms with Crippen molar-refractivity contribution in [3.05, 3.63) is 0 Å². The average Bonchev–Trinajstić information content (AvgIpc) is 3.05. The average molecular weight is 338 g/mol. The first-order chi connectivity index (χ1) is 11.7. The van der Waals surface area contributed by atoms with Gasteiger partial charge in [-0.2, -0.15) is 0 Å². The number of carbonyl (C=O) groups is 1. The first-order valence-electron chi connectivity index (χ1n) is 10.0. The Morgan fingerprint density at radius 2 is 1.62 bits per heavy atom. The van der Waals surface area contributed by atoms with Crippen molar-refractivity contribution in [3.8, 4) is 0 Å². The SMILES string of the molecule is CCN(CC1CCOCC1)CC1[C@H]2CN(C(=O)N(CC)CC)C[C@@H]12. The number of fused-ring (bicyclic) bond motifs is 1. The van der Waals surface area contributed by atoms with E-state index in [2.05, 4.69) is 30.6 Å². The minimum atomic E-state index is 0.250. The fraction of sp³-hybridized carbons (Fsp3) is 0.947. The van der Waals surface area contributed by atoms with E-state index < -0.39 is 0 Å². The molecule has 0 aromatic carbocycles. The standard InChI is InChI=1S/C19H35N3O2/c1-4-20(11-15-7-9-24-10-8-15)12-16-17-13-22(14-18(16)17)19(23)21(5-2)6-3/h15-18H,4-14H2,1-3H3/t16?,17-,18+. The Morgan fingerprint density at radius 3 is 2.17 bits per heavy atom. The molecule has 138 valence electrons. The largest absolute Gasteiger partial charge is 0.381 e. The number of hydrogen-bond acceptors (Lipinski definition) is 3. The summed E-state index contributed by atoms with van der Waals surface area (Å²) in [5.74, 6) is 3.16. The molecular formula is C19H35N3O2. The van der Waals surface area contributed by atoms with Gasteiger partial charge in [0.05, 0.1) is 0 Å². The van der Waals surface area contributed by atoms with Crippen molar-refractivity contribution in [2.45, 2.75) is 33.6 Å². The molecule has 2 saturated heterocycles. The van der Waals surface area contributed by atoms with Crippen LogP contribution in [0.15, 0.2) is 0 Å². The second kappa shape index (κ2) is 8.05. The molecule has 0 aromatic rings. The number of piperidine rings is 1. The summed E-state index contributed by atoms with van der Waals surface area (Å²) in [5.41, 5.74) is 0. The van der Waals surface area contributed by atoms with Gasteiger partial charge in [-0.3, -0.25) is 0 Å². The van der Waals surface area contributed by atoms with Crippen molar-refractivity contribution < 1.29 is 9.53 Å². The van der Waals surface area contributed by atoms with E-state index in [1.165, 1.54) is 25.9 Å². The summed E-state index contributed by atoms with van der Waals surface area (Å²) < 4.78 is 5.48. The number of rotatable bonds is 7. The van der Waals surface area contributed by atoms with Gasteiger partial charge in [-0.15, -0.1) is 0 Å². The Hall–Kier alpha value is -0.810. The number of ether oxygens (including phenoxy) is 1. The third-order valence-electron chi connectivity index (χ3n) is 6.45. The van der Waals surface area contributed by atoms with Gasteiger partial charge in [-0.1, -0.05) is 6.92 Å². The van der Waals surface area contributed by atoms with Crippen LogP contribution in [0, 0.1) is 23.7 Å². The topological polar surface area (TPSA) is 36.0 Å². The predicted octanol–water partition coefficient (Wildman–Crippen LogP) is 2.37. The van der Waals surface area contributed by atoms with Crippen molar-refractivity contribution in [1.29, 1.82) is 0 Å². The molecule has 0 aromatic heterocycles. The molecule has 1 aliphatic carbocycles. The third-order valence-corrected chi connectivity index (χ3v) is 6.45. The molecule has 24 heavy (non-hydrogen) atoms. The van der Waals surface area contributed by atoms with Crippen LogP contribution in [0.5, 0.6) is 0 Å². The second-order valence-corrected chi connectivity index (χ2v) is 7.76. The number of amides is 2. The van der Waals surface area contributed by atoms with E-state index in [-0.39, 0.29) is 6.03 Å². The summed E-state index contributed by atoms with van der Waals surface area (Å²) in [5, 5.41) is 0. The lowest BCUT2D eigenvalue weighted by Gasteiger charge is -2.31. The lowest BCUT2D eigenvalue weighted by Crippen LogP contribution is -2.43. The van der Waals surface area contributed by atoms with Gasteiger partial charge in [0.2, 0.25) is 0 Å². The highest BCUT2D eigenvalue weighted by Crippen LogP contribution is 2.52. The summed E-state index contributed by atoms with van der Waals surface area (Å²) in [6.07, 6.45) is 2.44. The quantitative estimate of drug-likeness (QED) is 0.715. The smallest absolute Gasteiger partial charge is 0.319 e. The lowest BCUT2D eigenvalue weighted by atomic mass is 9.99. The summed E-state index contributed by atoms with van der Waals surface area (Å²) in [6.45, 7) is 15.5. The lowest BCUT2D eigenvalue weighted by molar-refractivity contribution is 0.0519. The monoisotopic (exact) mass is 337 g/mol. The second-order valence-electron chi connectivity index (χ2n) is 7.76. The molecule has 1 unspecified atom stereocenters. The van der Waals surface area contributed by atoms with Crippen molar-refractivity contribution in [3.63, 3.8) is 0 Å². The molecule has 0 radical (unpaired) electrons. The zero-order valence-corrected chi connectivity index (χ0v) is 15.7. The molecule has 5 heteroatoms. The number of nitrogens with zero attached hydrogens (tertiary/aromatic N) is 3. The third kappa shape index (κ3) is 3.88. The number of urea groups is 1. The number of likely N-dealkylation sites (tertiary alicyclic amines) is 1. The molecule has 1 saturated carbocycles. The molecular weight excluding hydrogens is 302 g/mol. The fourth-order valence-electron chi connectivity index (χ4n) is 4.70. The molecule has 0 spiro atoms. The molecule has 3 atom stereocenters. The first-order valence-corrected chi connectivity index (χ1v) is 10.0. The number of hydrogen-bond donors (Lipinski definition) is 0. The van der Waals surface area contributed by atoms with Crippen LogP contribution in [0.4, 0.5) is 4.79 Å². The predicted molar refractivity (Wildman–Crippen MR) is 96.0 cm³/mol. The van der Waals surface area contributed by atoms with Crippen LogP contribution in [-0.4, -0.2) is 79.8 Å². The minimum Gasteiger partial charge on any atom is -0.381 e. The van der Waals surface area contributed by atoms with Gasteiger partial charge >= 0.3 is 6.03 Å². The molecule has 5 nitrogen and oxygen atoms in total. The number of carbonyl (C=O) groups excluding carboxylic acids is 1. The van der Waals surface area contributed by atoms with Gasteiger partial charge in [0.15, 0.2) is 0 Å². The molecule has 0 N–H and O–H groups in total. The van der Waals surface area contributed by atoms with Gasteiger partial charge in [0.1, 0.15) is 0 Å². The van der Waals surface area contributed by atoms with Crippen LogP contribution in [0.2, 0.25) is 0 Å². The van der Waals surface area contributed by atoms with E-state index in [1.807, 2.05) is 4.90 Å². The van der Waals surface area contributed by atoms with E-state index in [4.69, 9.17) is 4.74 Å². The van der Waals surface area contributed by atoms with Crippen molar-refractivity contribution >= 4 is 6.03 Å². The molecule has 2 aliphatic heterocycles. The summed E-state index contributed by atoms with van der Waals surface area (Å²) in [6, 6.07) is 0.250. The van der Waals surface area contributed by atoms with E-state index in [1.54, 1.807) is 0 Å². The van der Waals surface area contributed by atoms with Crippen molar-refractivity contribution in [1.82, 2.24) is 14.7 Å². The fourth-order valence-corrected chi connectivity index (χ4v) is 4.70. The van der Waals surface area contributed by atoms with E-state index >= 15 is 0 Å². The van der Waals surface area contributed by atoms with Gasteiger partial charge in [-0.25, -0.2) is 4.79 Å². The molecule has 0 bridgehead atoms. The van der Waals surface area contributed by atoms with Crippen LogP contribution >= 0.6 is 0 Å². The highest BCUT2D eigenvalue weighted by molar-refractivity contribution is 5.75. The first kappa shape index (κ1) is 18.0. The van der Waals surface area contributed by atoms with Crippen molar-refractivity contribution in [2.75, 3.05) is 59.0 Å². The maximum Gasteiger partial charge on any atom is 0.319 e. The zero-order valence-electron chi connectivity index (χ0n) is 15.7. The van der Waals surface area contributed by atoms with Gasteiger partial charge in [0, 0.05) is 52.5 Å². The molecule has 2 heterocycles. The van der Waals surface area contributed by atoms with E-state index in [0.717, 1.165) is 69.6 Å². The van der Waals surface area contributed by atoms with Crippen LogP contribution in [0.1, 0.15) is 33.6 Å². The van der Waals surface area contributed by atoms with Crippen LogP contribution in [-0.2, 0) is 4.74 Å². The van der Waals surface area contributed by atoms with Crippen LogP contribution in [0.25, 0.3) is 0 Å². The Kier molecular flexibility index (Phi) is 6.03. The van der Waals surface area contributed by atoms with E-state index in [9.17, 15) is 4.79 Å². The maximum atomic E-state index is 12.5. The summed E-state index contributed by atoms with van der Waals surface area (Å²) >= 11 is 0. The van der Waals surface area contributed by atoms with Crippen LogP contribution < -0.4 is 0 Å². The van der Waals surface area contributed by atoms with Gasteiger partial charge in [0.25, 0.3) is 0 Å². The summed E-state index contributed by atoms with van der Waals surface area (Å²) in [7, 11) is 0. The van der Waals surface area contributed by atoms with Gasteiger partial charge < -0.3 is 19.4 Å². The summed E-state index contributed by atoms with van der Waals surface area (Å²) in [4.78, 5) is 19.1. The maximum absolute atomic E-state index is 12.5. The Morgan fingerprint density at radius 1 is 1.00 bits per heavy atom. The molecule has 3 aliphatic rings. The van der Waals surface area contributed by atoms with Gasteiger partial charge in [-0.05, 0) is 56.9 Å². The Bertz CT molecular complexity index is 409. The minimum absolute atomic E-state index is 0.250. The zero-order chi connectivity index (χ0) is 17.1. The normalized spacial score (nSPS) is 29.8. The Balaban J connectivity index is 1.42. The molecule has 3 rings (SSSR count). The highest BCUT2D eigenvalue weighted by Gasteiger charge is 2.56.